The van der Waals surface area contributed by atoms with Crippen molar-refractivity contribution in [2.75, 3.05) is 95.4 Å². The first-order chi connectivity index (χ1) is 32.0. The second-order valence-electron chi connectivity index (χ2n) is 17.3. The highest BCUT2D eigenvalue weighted by molar-refractivity contribution is 7.18. The second-order valence-corrected chi connectivity index (χ2v) is 20.1. The molecular weight excluding hydrogens is 865 g/mol. The molecule has 336 valence electrons. The third-order valence-corrected chi connectivity index (χ3v) is 15.7. The zero-order valence-corrected chi connectivity index (χ0v) is 39.9. The monoisotopic (exact) mass is 923 g/mol. The van der Waals surface area contributed by atoms with E-state index < -0.39 is 0 Å². The van der Waals surface area contributed by atoms with Gasteiger partial charge in [-0.25, -0.2) is 4.90 Å². The third kappa shape index (κ3) is 10.3. The van der Waals surface area contributed by atoms with Gasteiger partial charge in [0.15, 0.2) is 24.4 Å². The van der Waals surface area contributed by atoms with Crippen molar-refractivity contribution in [1.82, 2.24) is 39.6 Å². The van der Waals surface area contributed by atoms with E-state index in [1.165, 1.54) is 36.5 Å². The third-order valence-electron chi connectivity index (χ3n) is 13.0. The standard InChI is InChI=1S/C17H20N4S.C17H21N4S.C16H18N4S/c1-19-15-7-12-22-16(15)17(18-19)21-10-8-20(9-11-21)13-14-5-3-2-4-6-14;1-19-17(16-15(18-19)7-12-22-16)21-10-8-20(9-11-21)13-14-5-3-2-4-6-14;1-2-4-13(5-3-1)12-19-7-9-20(10-8-19)16-15-14(17-18-16)6-11-21-15/h2-7,12H,8-11,13H2,1H3;2-7,12,17H,8-11,13H2,1H3;1-6,11H,7-10,12H2,(H,17,18)/q;+1;. The lowest BCUT2D eigenvalue weighted by molar-refractivity contribution is -0.622. The van der Waals surface area contributed by atoms with Gasteiger partial charge >= 0.3 is 0 Å². The molecule has 4 aliphatic rings. The molecule has 3 aromatic carbocycles. The van der Waals surface area contributed by atoms with Crippen LogP contribution in [-0.4, -0.2) is 130 Å². The summed E-state index contributed by atoms with van der Waals surface area (Å²) >= 11 is 5.39. The van der Waals surface area contributed by atoms with Crippen molar-refractivity contribution >= 4 is 71.8 Å². The fourth-order valence-corrected chi connectivity index (χ4v) is 12.2. The van der Waals surface area contributed by atoms with Gasteiger partial charge in [0, 0.05) is 105 Å². The molecule has 65 heavy (non-hydrogen) atoms. The number of nitrogens with one attached hydrogen (secondary N) is 1. The molecule has 3 fully saturated rings. The summed E-state index contributed by atoms with van der Waals surface area (Å²) in [6, 6.07) is 38.6. The maximum absolute atomic E-state index is 4.72. The summed E-state index contributed by atoms with van der Waals surface area (Å²) < 4.78 is 6.72. The van der Waals surface area contributed by atoms with Crippen molar-refractivity contribution in [2.45, 2.75) is 25.8 Å². The predicted molar refractivity (Wildman–Crippen MR) is 269 cm³/mol. The highest BCUT2D eigenvalue weighted by Crippen LogP contribution is 2.41. The number of aromatic amines is 1. The summed E-state index contributed by atoms with van der Waals surface area (Å²) in [4.78, 5) is 16.4. The van der Waals surface area contributed by atoms with Crippen LogP contribution >= 0.6 is 34.0 Å². The first-order valence-electron chi connectivity index (χ1n) is 22.9. The van der Waals surface area contributed by atoms with Crippen molar-refractivity contribution < 1.29 is 4.70 Å². The summed E-state index contributed by atoms with van der Waals surface area (Å²) in [6.07, 6.45) is 0.342. The van der Waals surface area contributed by atoms with Gasteiger partial charge in [-0.05, 0) is 56.1 Å². The van der Waals surface area contributed by atoms with E-state index in [4.69, 9.17) is 5.10 Å². The fourth-order valence-electron chi connectivity index (χ4n) is 9.43. The second kappa shape index (κ2) is 20.5. The molecule has 0 amide bonds. The van der Waals surface area contributed by atoms with Crippen molar-refractivity contribution in [3.05, 3.63) is 147 Å². The molecule has 0 spiro atoms. The summed E-state index contributed by atoms with van der Waals surface area (Å²) in [5.74, 6) is 2.28. The van der Waals surface area contributed by atoms with Gasteiger partial charge in [-0.15, -0.1) is 38.7 Å². The minimum atomic E-state index is 0.342. The van der Waals surface area contributed by atoms with E-state index in [1.54, 1.807) is 22.7 Å². The van der Waals surface area contributed by atoms with Crippen molar-refractivity contribution in [2.24, 2.45) is 12.2 Å². The Labute approximate surface area is 394 Å². The fraction of sp³-hybridized carbons (Fsp3) is 0.360. The maximum Gasteiger partial charge on any atom is 0.272 e. The molecule has 12 nitrogen and oxygen atoms in total. The number of rotatable bonds is 9. The smallest absolute Gasteiger partial charge is 0.272 e. The van der Waals surface area contributed by atoms with Crippen molar-refractivity contribution in [1.29, 1.82) is 0 Å². The number of anilines is 2. The van der Waals surface area contributed by atoms with Crippen molar-refractivity contribution in [3.8, 4) is 0 Å². The van der Waals surface area contributed by atoms with Crippen LogP contribution in [0.1, 0.15) is 27.7 Å². The number of aromatic nitrogens is 4. The molecule has 4 aliphatic heterocycles. The van der Waals surface area contributed by atoms with Crippen LogP contribution in [0.2, 0.25) is 0 Å². The summed E-state index contributed by atoms with van der Waals surface area (Å²) in [7, 11) is 4.12. The average molecular weight is 924 g/mol. The van der Waals surface area contributed by atoms with Gasteiger partial charge in [-0.2, -0.15) is 10.2 Å². The number of fused-ring (bicyclic) bond motifs is 3. The maximum atomic E-state index is 4.72. The Morgan fingerprint density at radius 3 is 1.62 bits per heavy atom. The quantitative estimate of drug-likeness (QED) is 0.144. The Morgan fingerprint density at radius 1 is 0.554 bits per heavy atom. The van der Waals surface area contributed by atoms with Gasteiger partial charge in [0.1, 0.15) is 4.88 Å². The van der Waals surface area contributed by atoms with Crippen LogP contribution in [0.15, 0.2) is 130 Å². The molecule has 12 rings (SSSR count). The van der Waals surface area contributed by atoms with E-state index in [0.29, 0.717) is 6.17 Å². The Hall–Kier alpha value is -5.26. The van der Waals surface area contributed by atoms with E-state index in [2.05, 4.69) is 182 Å². The van der Waals surface area contributed by atoms with E-state index in [1.807, 2.05) is 23.1 Å². The molecule has 1 atom stereocenters. The Morgan fingerprint density at radius 2 is 1.05 bits per heavy atom. The zero-order valence-electron chi connectivity index (χ0n) is 37.5. The highest BCUT2D eigenvalue weighted by atomic mass is 32.1. The van der Waals surface area contributed by atoms with Crippen LogP contribution in [0.25, 0.3) is 20.4 Å². The van der Waals surface area contributed by atoms with Crippen molar-refractivity contribution in [3.63, 3.8) is 0 Å². The lowest BCUT2D eigenvalue weighted by Gasteiger charge is -2.35. The first kappa shape index (κ1) is 43.6. The summed E-state index contributed by atoms with van der Waals surface area (Å²) in [6.45, 7) is 16.2. The van der Waals surface area contributed by atoms with Gasteiger partial charge in [0.2, 0.25) is 0 Å². The van der Waals surface area contributed by atoms with Crippen LogP contribution in [0.3, 0.4) is 0 Å². The number of azo groups is 2. The number of piperazine rings is 3. The van der Waals surface area contributed by atoms with Crippen LogP contribution in [-0.2, 0) is 26.7 Å². The highest BCUT2D eigenvalue weighted by Gasteiger charge is 2.39. The molecule has 15 heteroatoms. The molecule has 3 saturated heterocycles. The number of nitrogens with zero attached hydrogens (tertiary/aromatic N) is 11. The lowest BCUT2D eigenvalue weighted by atomic mass is 10.2. The number of aryl methyl sites for hydroxylation is 1. The Bertz CT molecular complexity index is 2730. The van der Waals surface area contributed by atoms with E-state index in [9.17, 15) is 0 Å². The SMILES string of the molecule is C[N+]1=Nc2ccsc2C1N1CCN(Cc2ccccc2)CC1.Cn1nc(N2CCN(Cc3ccccc3)CC2)c2sccc21.c1ccc(CN2CCN(c3n[nH]c4ccsc34)CC2)cc1. The van der Waals surface area contributed by atoms with Gasteiger partial charge in [-0.1, -0.05) is 91.0 Å². The molecule has 0 aliphatic carbocycles. The molecule has 1 N–H and O–H groups in total. The van der Waals surface area contributed by atoms with E-state index in [-0.39, 0.29) is 0 Å². The number of H-pyrrole nitrogens is 1. The summed E-state index contributed by atoms with van der Waals surface area (Å²) in [5.41, 5.74) is 7.75. The molecule has 1 unspecified atom stereocenters. The number of hydrogen-bond acceptors (Lipinski definition) is 12. The summed E-state index contributed by atoms with van der Waals surface area (Å²) in [5, 5.41) is 23.4. The zero-order chi connectivity index (χ0) is 44.0. The molecular formula is C50H59N12S3+. The Kier molecular flexibility index (Phi) is 13.8. The topological polar surface area (TPSA) is 81.3 Å². The largest absolute Gasteiger partial charge is 0.351 e. The van der Waals surface area contributed by atoms with Crippen LogP contribution in [0.4, 0.5) is 17.3 Å². The minimum absolute atomic E-state index is 0.342. The molecule has 9 heterocycles. The van der Waals surface area contributed by atoms with Crippen LogP contribution < -0.4 is 9.80 Å². The molecule has 0 radical (unpaired) electrons. The predicted octanol–water partition coefficient (Wildman–Crippen LogP) is 9.21. The average Bonchev–Trinajstić information content (AvgIpc) is 4.22. The van der Waals surface area contributed by atoms with Gasteiger partial charge in [0.25, 0.3) is 6.17 Å². The molecule has 5 aromatic heterocycles. The number of hydrogen-bond donors (Lipinski definition) is 1. The first-order valence-corrected chi connectivity index (χ1v) is 25.5. The van der Waals surface area contributed by atoms with Crippen LogP contribution in [0, 0.1) is 0 Å². The minimum Gasteiger partial charge on any atom is -0.351 e. The molecule has 0 bridgehead atoms. The Balaban J connectivity index is 0.000000115. The van der Waals surface area contributed by atoms with Gasteiger partial charge in [0.05, 0.1) is 20.4 Å². The number of benzene rings is 3. The normalized spacial score (nSPS) is 18.6. The van der Waals surface area contributed by atoms with Gasteiger partial charge < -0.3 is 9.80 Å². The number of thiophene rings is 3. The van der Waals surface area contributed by atoms with Gasteiger partial charge in [-0.3, -0.25) is 24.5 Å². The van der Waals surface area contributed by atoms with E-state index >= 15 is 0 Å². The van der Waals surface area contributed by atoms with Crippen LogP contribution in [0.5, 0.6) is 0 Å². The molecule has 8 aromatic rings. The van der Waals surface area contributed by atoms with E-state index in [0.717, 1.165) is 121 Å². The molecule has 0 saturated carbocycles. The lowest BCUT2D eigenvalue weighted by Crippen LogP contribution is -2.48.